The number of halogens is 2. The lowest BCUT2D eigenvalue weighted by Crippen LogP contribution is -2.24. The zero-order valence-corrected chi connectivity index (χ0v) is 12.4. The van der Waals surface area contributed by atoms with Gasteiger partial charge in [0.25, 0.3) is 5.56 Å². The largest absolute Gasteiger partial charge is 0.298 e. The van der Waals surface area contributed by atoms with Crippen molar-refractivity contribution in [2.45, 2.75) is 32.7 Å². The van der Waals surface area contributed by atoms with Crippen LogP contribution in [0.5, 0.6) is 0 Å². The van der Waals surface area contributed by atoms with Crippen LogP contribution >= 0.6 is 38.5 Å². The molecule has 0 amide bonds. The topological polar surface area (TPSA) is 34.9 Å². The lowest BCUT2D eigenvalue weighted by Gasteiger charge is -2.06. The van der Waals surface area contributed by atoms with Crippen LogP contribution in [-0.2, 0) is 6.54 Å². The second-order valence-corrected chi connectivity index (χ2v) is 5.26. The standard InChI is InChI=1S/C10H14BrIN2O/c1-8-9(12)10(15)14(7-13-8)6-4-2-3-5-11/h7H,2-6H2,1H3. The predicted molar refractivity (Wildman–Crippen MR) is 73.6 cm³/mol. The third-order valence-corrected chi connectivity index (χ3v) is 3.99. The molecule has 0 saturated heterocycles. The molecular formula is C10H14BrIN2O. The molecule has 0 saturated carbocycles. The van der Waals surface area contributed by atoms with Crippen molar-refractivity contribution in [2.24, 2.45) is 0 Å². The first-order valence-electron chi connectivity index (χ1n) is 4.94. The monoisotopic (exact) mass is 384 g/mol. The van der Waals surface area contributed by atoms with Crippen molar-refractivity contribution in [2.75, 3.05) is 5.33 Å². The fourth-order valence-electron chi connectivity index (χ4n) is 1.26. The molecule has 0 aromatic carbocycles. The summed E-state index contributed by atoms with van der Waals surface area (Å²) in [7, 11) is 0. The van der Waals surface area contributed by atoms with Crippen molar-refractivity contribution in [3.63, 3.8) is 0 Å². The average molecular weight is 385 g/mol. The van der Waals surface area contributed by atoms with Gasteiger partial charge in [-0.25, -0.2) is 4.98 Å². The third kappa shape index (κ3) is 3.86. The van der Waals surface area contributed by atoms with Gasteiger partial charge in [0.2, 0.25) is 0 Å². The Kier molecular flexibility index (Phi) is 5.81. The Morgan fingerprint density at radius 1 is 1.47 bits per heavy atom. The molecule has 3 nitrogen and oxygen atoms in total. The van der Waals surface area contributed by atoms with E-state index in [1.807, 2.05) is 6.92 Å². The van der Waals surface area contributed by atoms with E-state index < -0.39 is 0 Å². The Bertz CT molecular complexity index is 378. The van der Waals surface area contributed by atoms with Crippen molar-refractivity contribution >= 4 is 38.5 Å². The van der Waals surface area contributed by atoms with Gasteiger partial charge in [0.15, 0.2) is 0 Å². The maximum absolute atomic E-state index is 11.8. The van der Waals surface area contributed by atoms with E-state index in [2.05, 4.69) is 43.5 Å². The number of rotatable bonds is 5. The summed E-state index contributed by atoms with van der Waals surface area (Å²) in [6.45, 7) is 2.63. The quantitative estimate of drug-likeness (QED) is 0.444. The SMILES string of the molecule is Cc1ncn(CCCCCBr)c(=O)c1I. The highest BCUT2D eigenvalue weighted by Crippen LogP contribution is 2.03. The highest BCUT2D eigenvalue weighted by Gasteiger charge is 2.04. The Morgan fingerprint density at radius 2 is 2.20 bits per heavy atom. The molecule has 84 valence electrons. The van der Waals surface area contributed by atoms with Gasteiger partial charge in [-0.15, -0.1) is 0 Å². The van der Waals surface area contributed by atoms with E-state index in [4.69, 9.17) is 0 Å². The van der Waals surface area contributed by atoms with Crippen LogP contribution in [0.4, 0.5) is 0 Å². The van der Waals surface area contributed by atoms with Gasteiger partial charge in [-0.2, -0.15) is 0 Å². The molecule has 0 radical (unpaired) electrons. The van der Waals surface area contributed by atoms with Gasteiger partial charge in [0.1, 0.15) is 0 Å². The molecule has 1 rings (SSSR count). The summed E-state index contributed by atoms with van der Waals surface area (Å²) in [6.07, 6.45) is 4.98. The van der Waals surface area contributed by atoms with Crippen molar-refractivity contribution in [3.05, 3.63) is 25.9 Å². The molecule has 15 heavy (non-hydrogen) atoms. The van der Waals surface area contributed by atoms with Gasteiger partial charge in [-0.3, -0.25) is 9.36 Å². The number of hydrogen-bond acceptors (Lipinski definition) is 2. The molecule has 5 heteroatoms. The maximum atomic E-state index is 11.8. The second-order valence-electron chi connectivity index (χ2n) is 3.39. The predicted octanol–water partition coefficient (Wildman–Crippen LogP) is 2.72. The van der Waals surface area contributed by atoms with Crippen LogP contribution in [-0.4, -0.2) is 14.9 Å². The fraction of sp³-hybridized carbons (Fsp3) is 0.600. The minimum absolute atomic E-state index is 0.0851. The van der Waals surface area contributed by atoms with E-state index in [1.165, 1.54) is 0 Å². The van der Waals surface area contributed by atoms with Crippen LogP contribution in [0.15, 0.2) is 11.1 Å². The molecule has 1 aromatic rings. The second kappa shape index (κ2) is 6.62. The number of nitrogens with zero attached hydrogens (tertiary/aromatic N) is 2. The van der Waals surface area contributed by atoms with Crippen LogP contribution in [0.2, 0.25) is 0 Å². The molecule has 0 N–H and O–H groups in total. The fourth-order valence-corrected chi connectivity index (χ4v) is 2.10. The highest BCUT2D eigenvalue weighted by atomic mass is 127. The molecule has 0 aliphatic rings. The van der Waals surface area contributed by atoms with Gasteiger partial charge in [0, 0.05) is 11.9 Å². The van der Waals surface area contributed by atoms with E-state index in [-0.39, 0.29) is 5.56 Å². The minimum atomic E-state index is 0.0851. The Labute approximate surface area is 112 Å². The Hall–Kier alpha value is 0.0900. The van der Waals surface area contributed by atoms with Crippen LogP contribution in [0, 0.1) is 10.5 Å². The summed E-state index contributed by atoms with van der Waals surface area (Å²) >= 11 is 5.45. The number of hydrogen-bond donors (Lipinski definition) is 0. The normalized spacial score (nSPS) is 10.6. The maximum Gasteiger partial charge on any atom is 0.266 e. The smallest absolute Gasteiger partial charge is 0.266 e. The summed E-state index contributed by atoms with van der Waals surface area (Å²) in [5.41, 5.74) is 0.902. The lowest BCUT2D eigenvalue weighted by molar-refractivity contribution is 0.578. The molecule has 0 atom stereocenters. The van der Waals surface area contributed by atoms with Crippen LogP contribution in [0.3, 0.4) is 0 Å². The van der Waals surface area contributed by atoms with Crippen LogP contribution < -0.4 is 5.56 Å². The zero-order chi connectivity index (χ0) is 11.3. The molecule has 1 aromatic heterocycles. The lowest BCUT2D eigenvalue weighted by atomic mass is 10.2. The third-order valence-electron chi connectivity index (χ3n) is 2.19. The Morgan fingerprint density at radius 3 is 2.87 bits per heavy atom. The summed E-state index contributed by atoms with van der Waals surface area (Å²) in [5, 5.41) is 1.03. The van der Waals surface area contributed by atoms with Gasteiger partial charge >= 0.3 is 0 Å². The van der Waals surface area contributed by atoms with Gasteiger partial charge in [-0.1, -0.05) is 22.4 Å². The molecule has 0 fully saturated rings. The number of alkyl halides is 1. The Balaban J connectivity index is 2.63. The molecule has 1 heterocycles. The molecule has 0 unspecified atom stereocenters. The molecule has 0 spiro atoms. The number of aryl methyl sites for hydroxylation is 2. The van der Waals surface area contributed by atoms with Crippen molar-refractivity contribution in [3.8, 4) is 0 Å². The van der Waals surface area contributed by atoms with E-state index in [0.717, 1.165) is 40.4 Å². The average Bonchev–Trinajstić information content (AvgIpc) is 2.24. The van der Waals surface area contributed by atoms with E-state index >= 15 is 0 Å². The summed E-state index contributed by atoms with van der Waals surface area (Å²) in [5.74, 6) is 0. The van der Waals surface area contributed by atoms with Crippen molar-refractivity contribution < 1.29 is 0 Å². The van der Waals surface area contributed by atoms with Crippen LogP contribution in [0.1, 0.15) is 25.0 Å². The van der Waals surface area contributed by atoms with Gasteiger partial charge in [0.05, 0.1) is 15.6 Å². The van der Waals surface area contributed by atoms with Crippen LogP contribution in [0.25, 0.3) is 0 Å². The number of unbranched alkanes of at least 4 members (excludes halogenated alkanes) is 2. The van der Waals surface area contributed by atoms with E-state index in [9.17, 15) is 4.79 Å². The first-order chi connectivity index (χ1) is 7.16. The minimum Gasteiger partial charge on any atom is -0.298 e. The van der Waals surface area contributed by atoms with E-state index in [1.54, 1.807) is 10.9 Å². The van der Waals surface area contributed by atoms with E-state index in [0.29, 0.717) is 0 Å². The first-order valence-corrected chi connectivity index (χ1v) is 7.14. The molecule has 0 aliphatic heterocycles. The molecule has 0 aliphatic carbocycles. The van der Waals surface area contributed by atoms with Crippen molar-refractivity contribution in [1.82, 2.24) is 9.55 Å². The summed E-state index contributed by atoms with van der Waals surface area (Å²) in [6, 6.07) is 0. The first kappa shape index (κ1) is 13.2. The highest BCUT2D eigenvalue weighted by molar-refractivity contribution is 14.1. The van der Waals surface area contributed by atoms with Crippen molar-refractivity contribution in [1.29, 1.82) is 0 Å². The number of aromatic nitrogens is 2. The molecular weight excluding hydrogens is 371 g/mol. The summed E-state index contributed by atoms with van der Waals surface area (Å²) < 4.78 is 2.43. The summed E-state index contributed by atoms with van der Waals surface area (Å²) in [4.78, 5) is 15.9. The molecule has 0 bridgehead atoms. The zero-order valence-electron chi connectivity index (χ0n) is 8.67. The van der Waals surface area contributed by atoms with Gasteiger partial charge < -0.3 is 0 Å². The van der Waals surface area contributed by atoms with Gasteiger partial charge in [-0.05, 0) is 42.4 Å².